The van der Waals surface area contributed by atoms with E-state index in [2.05, 4.69) is 26.1 Å². The molecular formula is C7H10BrN3O3. The number of carbonyl (C=O) groups excluding carboxylic acids is 1. The van der Waals surface area contributed by atoms with Gasteiger partial charge in [0.05, 0.1) is 6.61 Å². The Bertz CT molecular complexity index is 384. The highest BCUT2D eigenvalue weighted by atomic mass is 79.9. The highest BCUT2D eigenvalue weighted by Crippen LogP contribution is 2.11. The number of rotatable bonds is 3. The van der Waals surface area contributed by atoms with Gasteiger partial charge in [0, 0.05) is 0 Å². The third-order valence-corrected chi connectivity index (χ3v) is 2.24. The SMILES string of the molecule is CCOC(=O)C(C)n1c(Br)n[nH]c1=O. The first kappa shape index (κ1) is 11.0. The molecule has 0 spiro atoms. The van der Waals surface area contributed by atoms with E-state index in [9.17, 15) is 9.59 Å². The number of H-pyrrole nitrogens is 1. The lowest BCUT2D eigenvalue weighted by Gasteiger charge is -2.10. The highest BCUT2D eigenvalue weighted by Gasteiger charge is 2.20. The van der Waals surface area contributed by atoms with Crippen molar-refractivity contribution in [2.24, 2.45) is 0 Å². The van der Waals surface area contributed by atoms with Crippen molar-refractivity contribution < 1.29 is 9.53 Å². The van der Waals surface area contributed by atoms with Crippen LogP contribution in [0.3, 0.4) is 0 Å². The van der Waals surface area contributed by atoms with E-state index in [1.165, 1.54) is 4.57 Å². The summed E-state index contributed by atoms with van der Waals surface area (Å²) in [6, 6.07) is -0.685. The van der Waals surface area contributed by atoms with Crippen molar-refractivity contribution >= 4 is 21.9 Å². The number of nitrogens with zero attached hydrogens (tertiary/aromatic N) is 2. The molecular weight excluding hydrogens is 254 g/mol. The monoisotopic (exact) mass is 263 g/mol. The van der Waals surface area contributed by atoms with Gasteiger partial charge in [0.2, 0.25) is 4.73 Å². The maximum atomic E-state index is 11.3. The summed E-state index contributed by atoms with van der Waals surface area (Å²) in [6.07, 6.45) is 0. The van der Waals surface area contributed by atoms with E-state index < -0.39 is 17.7 Å². The molecule has 78 valence electrons. The molecule has 1 N–H and O–H groups in total. The van der Waals surface area contributed by atoms with Crippen molar-refractivity contribution in [3.8, 4) is 0 Å². The van der Waals surface area contributed by atoms with Crippen molar-refractivity contribution in [2.45, 2.75) is 19.9 Å². The van der Waals surface area contributed by atoms with Crippen LogP contribution in [0.25, 0.3) is 0 Å². The van der Waals surface area contributed by atoms with E-state index in [1.54, 1.807) is 13.8 Å². The summed E-state index contributed by atoms with van der Waals surface area (Å²) in [5.74, 6) is -0.461. The van der Waals surface area contributed by atoms with Gasteiger partial charge in [-0.25, -0.2) is 14.7 Å². The van der Waals surface area contributed by atoms with Crippen LogP contribution in [-0.4, -0.2) is 27.3 Å². The second-order valence-corrected chi connectivity index (χ2v) is 3.31. The summed E-state index contributed by atoms with van der Waals surface area (Å²) < 4.78 is 6.24. The largest absolute Gasteiger partial charge is 0.464 e. The number of hydrogen-bond donors (Lipinski definition) is 1. The standard InChI is InChI=1S/C7H10BrN3O3/c1-3-14-5(12)4(2)11-6(8)9-10-7(11)13/h4H,3H2,1-2H3,(H,10,13). The molecule has 0 amide bonds. The number of halogens is 1. The quantitative estimate of drug-likeness (QED) is 0.804. The van der Waals surface area contributed by atoms with E-state index in [1.807, 2.05) is 0 Å². The third-order valence-electron chi connectivity index (χ3n) is 1.68. The maximum Gasteiger partial charge on any atom is 0.344 e. The number of esters is 1. The van der Waals surface area contributed by atoms with Gasteiger partial charge in [-0.3, -0.25) is 4.57 Å². The Labute approximate surface area is 88.4 Å². The smallest absolute Gasteiger partial charge is 0.344 e. The van der Waals surface area contributed by atoms with E-state index in [0.717, 1.165) is 0 Å². The predicted octanol–water partition coefficient (Wildman–Crippen LogP) is 0.458. The van der Waals surface area contributed by atoms with Gasteiger partial charge in [-0.1, -0.05) is 0 Å². The third kappa shape index (κ3) is 2.03. The molecule has 1 aromatic rings. The lowest BCUT2D eigenvalue weighted by molar-refractivity contribution is -0.146. The van der Waals surface area contributed by atoms with Crippen LogP contribution in [0.5, 0.6) is 0 Å². The zero-order valence-electron chi connectivity index (χ0n) is 7.78. The molecule has 0 aromatic carbocycles. The molecule has 0 fully saturated rings. The zero-order valence-corrected chi connectivity index (χ0v) is 9.37. The molecule has 0 saturated heterocycles. The number of hydrogen-bond acceptors (Lipinski definition) is 4. The Morgan fingerprint density at radius 3 is 2.86 bits per heavy atom. The van der Waals surface area contributed by atoms with Gasteiger partial charge in [-0.15, -0.1) is 5.10 Å². The Balaban J connectivity index is 2.94. The van der Waals surface area contributed by atoms with Crippen molar-refractivity contribution in [1.29, 1.82) is 0 Å². The first-order valence-corrected chi connectivity index (χ1v) is 4.86. The molecule has 1 heterocycles. The first-order valence-electron chi connectivity index (χ1n) is 4.07. The van der Waals surface area contributed by atoms with Gasteiger partial charge in [0.1, 0.15) is 6.04 Å². The Morgan fingerprint density at radius 2 is 2.43 bits per heavy atom. The minimum Gasteiger partial charge on any atom is -0.464 e. The van der Waals surface area contributed by atoms with E-state index in [-0.39, 0.29) is 11.3 Å². The summed E-state index contributed by atoms with van der Waals surface area (Å²) in [4.78, 5) is 22.5. The minimum atomic E-state index is -0.685. The maximum absolute atomic E-state index is 11.3. The summed E-state index contributed by atoms with van der Waals surface area (Å²) in [7, 11) is 0. The van der Waals surface area contributed by atoms with Gasteiger partial charge in [0.25, 0.3) is 0 Å². The van der Waals surface area contributed by atoms with E-state index >= 15 is 0 Å². The van der Waals surface area contributed by atoms with Gasteiger partial charge >= 0.3 is 11.7 Å². The highest BCUT2D eigenvalue weighted by molar-refractivity contribution is 9.10. The summed E-state index contributed by atoms with van der Waals surface area (Å²) >= 11 is 3.05. The molecule has 6 nitrogen and oxygen atoms in total. The number of aromatic nitrogens is 3. The van der Waals surface area contributed by atoms with Gasteiger partial charge in [-0.2, -0.15) is 0 Å². The topological polar surface area (TPSA) is 77.0 Å². The fraction of sp³-hybridized carbons (Fsp3) is 0.571. The average molecular weight is 264 g/mol. The number of ether oxygens (including phenoxy) is 1. The molecule has 14 heavy (non-hydrogen) atoms. The van der Waals surface area contributed by atoms with Crippen LogP contribution < -0.4 is 5.69 Å². The molecule has 1 atom stereocenters. The predicted molar refractivity (Wildman–Crippen MR) is 51.9 cm³/mol. The lowest BCUT2D eigenvalue weighted by Crippen LogP contribution is -2.27. The molecule has 7 heteroatoms. The van der Waals surface area contributed by atoms with Crippen molar-refractivity contribution in [3.63, 3.8) is 0 Å². The van der Waals surface area contributed by atoms with Gasteiger partial charge < -0.3 is 4.74 Å². The Hall–Kier alpha value is -1.11. The number of aromatic amines is 1. The molecule has 0 saturated carbocycles. The van der Waals surface area contributed by atoms with Crippen molar-refractivity contribution in [1.82, 2.24) is 14.8 Å². The fourth-order valence-corrected chi connectivity index (χ4v) is 1.55. The van der Waals surface area contributed by atoms with Crippen LogP contribution in [0, 0.1) is 0 Å². The van der Waals surface area contributed by atoms with Crippen LogP contribution in [-0.2, 0) is 9.53 Å². The molecule has 0 bridgehead atoms. The molecule has 0 radical (unpaired) electrons. The molecule has 1 aromatic heterocycles. The Kier molecular flexibility index (Phi) is 3.45. The molecule has 0 aliphatic carbocycles. The van der Waals surface area contributed by atoms with Crippen molar-refractivity contribution in [2.75, 3.05) is 6.61 Å². The average Bonchev–Trinajstić information content (AvgIpc) is 2.46. The number of nitrogens with one attached hydrogen (secondary N) is 1. The number of carbonyl (C=O) groups is 1. The second-order valence-electron chi connectivity index (χ2n) is 2.60. The van der Waals surface area contributed by atoms with Crippen LogP contribution in [0.2, 0.25) is 0 Å². The molecule has 1 rings (SSSR count). The normalized spacial score (nSPS) is 12.5. The van der Waals surface area contributed by atoms with Crippen LogP contribution >= 0.6 is 15.9 Å². The summed E-state index contributed by atoms with van der Waals surface area (Å²) in [5, 5.41) is 5.83. The lowest BCUT2D eigenvalue weighted by atomic mass is 10.3. The van der Waals surface area contributed by atoms with Crippen LogP contribution in [0.1, 0.15) is 19.9 Å². The molecule has 1 unspecified atom stereocenters. The van der Waals surface area contributed by atoms with E-state index in [0.29, 0.717) is 0 Å². The van der Waals surface area contributed by atoms with Gasteiger partial charge in [0.15, 0.2) is 0 Å². The molecule has 0 aliphatic rings. The Morgan fingerprint density at radius 1 is 1.79 bits per heavy atom. The minimum absolute atomic E-state index is 0.281. The fourth-order valence-electron chi connectivity index (χ4n) is 0.989. The summed E-state index contributed by atoms with van der Waals surface area (Å²) in [5.41, 5.74) is -0.447. The first-order chi connectivity index (χ1) is 6.57. The van der Waals surface area contributed by atoms with Gasteiger partial charge in [-0.05, 0) is 29.8 Å². The zero-order chi connectivity index (χ0) is 10.7. The summed E-state index contributed by atoms with van der Waals surface area (Å²) in [6.45, 7) is 3.56. The van der Waals surface area contributed by atoms with E-state index in [4.69, 9.17) is 4.74 Å². The van der Waals surface area contributed by atoms with Crippen LogP contribution in [0.15, 0.2) is 9.53 Å². The second kappa shape index (κ2) is 4.41. The van der Waals surface area contributed by atoms with Crippen molar-refractivity contribution in [3.05, 3.63) is 15.2 Å². The van der Waals surface area contributed by atoms with Crippen LogP contribution in [0.4, 0.5) is 0 Å². The molecule has 0 aliphatic heterocycles.